The molecule has 0 saturated carbocycles. The van der Waals surface area contributed by atoms with Gasteiger partial charge in [-0.2, -0.15) is 0 Å². The average molecular weight is 337 g/mol. The topological polar surface area (TPSA) is 83.9 Å². The van der Waals surface area contributed by atoms with E-state index in [1.807, 2.05) is 0 Å². The molecular formula is C16H19NO5S. The number of benzene rings is 1. The van der Waals surface area contributed by atoms with Crippen molar-refractivity contribution >= 4 is 28.8 Å². The molecule has 1 aromatic rings. The van der Waals surface area contributed by atoms with Gasteiger partial charge in [0, 0.05) is 25.6 Å². The lowest BCUT2D eigenvalue weighted by Crippen LogP contribution is -2.35. The summed E-state index contributed by atoms with van der Waals surface area (Å²) in [5, 5.41) is 9.58. The number of likely N-dealkylation sites (tertiary alicyclic amines) is 1. The summed E-state index contributed by atoms with van der Waals surface area (Å²) in [5.41, 5.74) is 0.505. The van der Waals surface area contributed by atoms with Crippen LogP contribution in [0, 0.1) is 5.92 Å². The highest BCUT2D eigenvalue weighted by Gasteiger charge is 2.38. The monoisotopic (exact) mass is 337 g/mol. The third-order valence-corrected chi connectivity index (χ3v) is 4.76. The molecule has 1 aliphatic rings. The SMILES string of the molecule is COc1cccc(C(C(=O)O)N2CC(CSC(C)=O)CC2=O)c1. The number of hydrogen-bond acceptors (Lipinski definition) is 5. The van der Waals surface area contributed by atoms with E-state index in [4.69, 9.17) is 4.74 Å². The van der Waals surface area contributed by atoms with E-state index in [2.05, 4.69) is 0 Å². The van der Waals surface area contributed by atoms with Gasteiger partial charge in [-0.3, -0.25) is 9.59 Å². The molecule has 124 valence electrons. The molecule has 1 aliphatic heterocycles. The molecule has 1 saturated heterocycles. The van der Waals surface area contributed by atoms with Crippen LogP contribution in [0.25, 0.3) is 0 Å². The number of nitrogens with zero attached hydrogens (tertiary/aromatic N) is 1. The molecule has 0 radical (unpaired) electrons. The highest BCUT2D eigenvalue weighted by atomic mass is 32.2. The van der Waals surface area contributed by atoms with Crippen molar-refractivity contribution in [1.82, 2.24) is 4.90 Å². The van der Waals surface area contributed by atoms with Crippen molar-refractivity contribution in [2.24, 2.45) is 5.92 Å². The van der Waals surface area contributed by atoms with Crippen LogP contribution in [-0.4, -0.2) is 46.4 Å². The quantitative estimate of drug-likeness (QED) is 0.854. The number of carbonyl (C=O) groups is 3. The number of carbonyl (C=O) groups excluding carboxylic acids is 2. The van der Waals surface area contributed by atoms with Crippen LogP contribution in [0.5, 0.6) is 5.75 Å². The molecule has 0 bridgehead atoms. The van der Waals surface area contributed by atoms with Crippen molar-refractivity contribution in [1.29, 1.82) is 0 Å². The fourth-order valence-electron chi connectivity index (χ4n) is 2.67. The van der Waals surface area contributed by atoms with E-state index in [0.29, 0.717) is 23.6 Å². The Kier molecular flexibility index (Phi) is 5.65. The van der Waals surface area contributed by atoms with Crippen LogP contribution in [0.2, 0.25) is 0 Å². The van der Waals surface area contributed by atoms with E-state index in [9.17, 15) is 19.5 Å². The third-order valence-electron chi connectivity index (χ3n) is 3.72. The van der Waals surface area contributed by atoms with Gasteiger partial charge in [0.15, 0.2) is 11.2 Å². The van der Waals surface area contributed by atoms with Crippen LogP contribution in [0.3, 0.4) is 0 Å². The van der Waals surface area contributed by atoms with Gasteiger partial charge in [0.1, 0.15) is 5.75 Å². The van der Waals surface area contributed by atoms with Crippen molar-refractivity contribution in [2.45, 2.75) is 19.4 Å². The Bertz CT molecular complexity index is 618. The highest BCUT2D eigenvalue weighted by Crippen LogP contribution is 2.32. The van der Waals surface area contributed by atoms with Crippen molar-refractivity contribution in [3.63, 3.8) is 0 Å². The number of carboxylic acid groups (broad SMARTS) is 1. The summed E-state index contributed by atoms with van der Waals surface area (Å²) in [6.07, 6.45) is 0.272. The van der Waals surface area contributed by atoms with E-state index in [-0.39, 0.29) is 23.4 Å². The summed E-state index contributed by atoms with van der Waals surface area (Å²) in [4.78, 5) is 36.4. The zero-order chi connectivity index (χ0) is 17.0. The standard InChI is InChI=1S/C16H19NO5S/c1-10(18)23-9-11-6-14(19)17(8-11)15(16(20)21)12-4-3-5-13(7-12)22-2/h3-5,7,11,15H,6,8-9H2,1-2H3,(H,20,21). The number of hydrogen-bond donors (Lipinski definition) is 1. The van der Waals surface area contributed by atoms with Crippen LogP contribution in [0.4, 0.5) is 0 Å². The Labute approximate surface area is 138 Å². The summed E-state index contributed by atoms with van der Waals surface area (Å²) in [5.74, 6) is -0.212. The molecule has 0 aliphatic carbocycles. The predicted octanol–water partition coefficient (Wildman–Crippen LogP) is 1.95. The Morgan fingerprint density at radius 2 is 2.22 bits per heavy atom. The van der Waals surface area contributed by atoms with Gasteiger partial charge in [0.05, 0.1) is 7.11 Å². The first-order chi connectivity index (χ1) is 10.9. The minimum atomic E-state index is -1.08. The molecule has 2 atom stereocenters. The minimum absolute atomic E-state index is 0.00141. The second-order valence-corrected chi connectivity index (χ2v) is 6.63. The van der Waals surface area contributed by atoms with Crippen molar-refractivity contribution < 1.29 is 24.2 Å². The summed E-state index contributed by atoms with van der Waals surface area (Å²) < 4.78 is 5.12. The van der Waals surface area contributed by atoms with Gasteiger partial charge >= 0.3 is 5.97 Å². The summed E-state index contributed by atoms with van der Waals surface area (Å²) in [6.45, 7) is 1.82. The van der Waals surface area contributed by atoms with Gasteiger partial charge < -0.3 is 14.7 Å². The van der Waals surface area contributed by atoms with Gasteiger partial charge in [0.25, 0.3) is 0 Å². The molecule has 1 fully saturated rings. The van der Waals surface area contributed by atoms with E-state index in [1.54, 1.807) is 24.3 Å². The van der Waals surface area contributed by atoms with Crippen LogP contribution >= 0.6 is 11.8 Å². The molecule has 6 nitrogen and oxygen atoms in total. The lowest BCUT2D eigenvalue weighted by molar-refractivity contribution is -0.148. The molecule has 1 heterocycles. The van der Waals surface area contributed by atoms with Crippen LogP contribution in [-0.2, 0) is 14.4 Å². The van der Waals surface area contributed by atoms with Gasteiger partial charge in [-0.1, -0.05) is 23.9 Å². The van der Waals surface area contributed by atoms with E-state index in [0.717, 1.165) is 0 Å². The van der Waals surface area contributed by atoms with Crippen LogP contribution in [0.1, 0.15) is 24.9 Å². The predicted molar refractivity (Wildman–Crippen MR) is 86.3 cm³/mol. The lowest BCUT2D eigenvalue weighted by atomic mass is 10.1. The van der Waals surface area contributed by atoms with Gasteiger partial charge in [-0.15, -0.1) is 0 Å². The Morgan fingerprint density at radius 1 is 1.48 bits per heavy atom. The molecule has 1 amide bonds. The molecule has 2 rings (SSSR count). The van der Waals surface area contributed by atoms with Crippen LogP contribution < -0.4 is 4.74 Å². The number of amides is 1. The van der Waals surface area contributed by atoms with Crippen molar-refractivity contribution in [2.75, 3.05) is 19.4 Å². The maximum absolute atomic E-state index is 12.2. The maximum atomic E-state index is 12.2. The van der Waals surface area contributed by atoms with E-state index < -0.39 is 12.0 Å². The molecule has 2 unspecified atom stereocenters. The molecule has 0 spiro atoms. The van der Waals surface area contributed by atoms with Gasteiger partial charge in [0.2, 0.25) is 5.91 Å². The fraction of sp³-hybridized carbons (Fsp3) is 0.438. The number of aliphatic carboxylic acids is 1. The number of methoxy groups -OCH3 is 1. The second kappa shape index (κ2) is 7.50. The highest BCUT2D eigenvalue weighted by molar-refractivity contribution is 8.13. The normalized spacial score (nSPS) is 18.8. The summed E-state index contributed by atoms with van der Waals surface area (Å²) >= 11 is 1.17. The molecule has 1 aromatic carbocycles. The molecule has 23 heavy (non-hydrogen) atoms. The first-order valence-electron chi connectivity index (χ1n) is 7.22. The smallest absolute Gasteiger partial charge is 0.331 e. The van der Waals surface area contributed by atoms with Crippen molar-refractivity contribution in [3.8, 4) is 5.75 Å². The molecule has 7 heteroatoms. The Morgan fingerprint density at radius 3 is 2.83 bits per heavy atom. The largest absolute Gasteiger partial charge is 0.497 e. The van der Waals surface area contributed by atoms with Crippen molar-refractivity contribution in [3.05, 3.63) is 29.8 Å². The number of ether oxygens (including phenoxy) is 1. The lowest BCUT2D eigenvalue weighted by Gasteiger charge is -2.25. The number of rotatable bonds is 6. The van der Waals surface area contributed by atoms with Gasteiger partial charge in [-0.05, 0) is 23.6 Å². The Hall–Kier alpha value is -2.02. The molecular weight excluding hydrogens is 318 g/mol. The van der Waals surface area contributed by atoms with E-state index >= 15 is 0 Å². The summed E-state index contributed by atoms with van der Waals surface area (Å²) in [6, 6.07) is 5.69. The minimum Gasteiger partial charge on any atom is -0.497 e. The number of thioether (sulfide) groups is 1. The zero-order valence-corrected chi connectivity index (χ0v) is 13.8. The van der Waals surface area contributed by atoms with Gasteiger partial charge in [-0.25, -0.2) is 4.79 Å². The maximum Gasteiger partial charge on any atom is 0.331 e. The van der Waals surface area contributed by atoms with Crippen LogP contribution in [0.15, 0.2) is 24.3 Å². The third kappa shape index (κ3) is 4.25. The first kappa shape index (κ1) is 17.3. The first-order valence-corrected chi connectivity index (χ1v) is 8.20. The fourth-order valence-corrected chi connectivity index (χ4v) is 3.37. The second-order valence-electron chi connectivity index (χ2n) is 5.44. The summed E-state index contributed by atoms with van der Waals surface area (Å²) in [7, 11) is 1.50. The average Bonchev–Trinajstić information content (AvgIpc) is 2.86. The zero-order valence-electron chi connectivity index (χ0n) is 13.0. The molecule has 1 N–H and O–H groups in total. The Balaban J connectivity index is 2.19. The molecule has 0 aromatic heterocycles. The number of carboxylic acids is 1. The van der Waals surface area contributed by atoms with E-state index in [1.165, 1.54) is 30.7 Å².